The summed E-state index contributed by atoms with van der Waals surface area (Å²) in [4.78, 5) is 0. The van der Waals surface area contributed by atoms with E-state index in [1.54, 1.807) is 10.8 Å². The molecule has 0 spiro atoms. The van der Waals surface area contributed by atoms with Crippen molar-refractivity contribution in [3.63, 3.8) is 0 Å². The molecular formula is C6H12N2S3. The van der Waals surface area contributed by atoms with E-state index in [4.69, 9.17) is 0 Å². The predicted octanol–water partition coefficient (Wildman–Crippen LogP) is 3.91. The second kappa shape index (κ2) is 4.62. The Morgan fingerprint density at radius 3 is 2.82 bits per heavy atom. The molecule has 0 bridgehead atoms. The summed E-state index contributed by atoms with van der Waals surface area (Å²) in [5.74, 6) is 0. The van der Waals surface area contributed by atoms with Crippen LogP contribution in [0.2, 0.25) is 0 Å². The Morgan fingerprint density at radius 1 is 1.45 bits per heavy atom. The van der Waals surface area contributed by atoms with Crippen molar-refractivity contribution in [3.05, 3.63) is 0 Å². The van der Waals surface area contributed by atoms with Crippen LogP contribution >= 0.6 is 34.4 Å². The Kier molecular flexibility index (Phi) is 4.09. The summed E-state index contributed by atoms with van der Waals surface area (Å²) < 4.78 is 3.62. The van der Waals surface area contributed by atoms with E-state index in [0.717, 1.165) is 6.42 Å². The van der Waals surface area contributed by atoms with E-state index < -0.39 is 0 Å². The van der Waals surface area contributed by atoms with Crippen LogP contribution in [0, 0.1) is 0 Å². The first-order valence-electron chi connectivity index (χ1n) is 3.76. The number of rotatable bonds is 4. The summed E-state index contributed by atoms with van der Waals surface area (Å²) >= 11 is 4.44. The number of hydrogen-bond donors (Lipinski definition) is 1. The van der Waals surface area contributed by atoms with Gasteiger partial charge in [0.05, 0.1) is 11.0 Å². The van der Waals surface area contributed by atoms with E-state index in [-0.39, 0.29) is 4.20 Å². The van der Waals surface area contributed by atoms with E-state index in [0.29, 0.717) is 0 Å². The first kappa shape index (κ1) is 9.74. The zero-order valence-electron chi connectivity index (χ0n) is 6.49. The highest BCUT2D eigenvalue weighted by Crippen LogP contribution is 2.50. The molecule has 1 aliphatic rings. The number of unbranched alkanes of at least 4 members (excludes halogenated alkanes) is 2. The topological polar surface area (TPSA) is 24.7 Å². The smallest absolute Gasteiger partial charge is 0.151 e. The van der Waals surface area contributed by atoms with E-state index in [1.807, 2.05) is 0 Å². The standard InChI is InChI=1S/C6H12N2S3/c1-2-3-4-5-6(9)7-8-11-10-6/h9H,2-5H2,1H3. The molecule has 0 aromatic carbocycles. The fourth-order valence-electron chi connectivity index (χ4n) is 0.870. The molecule has 0 saturated heterocycles. The molecule has 0 radical (unpaired) electrons. The third-order valence-corrected chi connectivity index (χ3v) is 4.49. The average molecular weight is 208 g/mol. The minimum Gasteiger partial charge on any atom is -0.151 e. The van der Waals surface area contributed by atoms with E-state index in [2.05, 4.69) is 29.2 Å². The minimum atomic E-state index is -0.222. The summed E-state index contributed by atoms with van der Waals surface area (Å²) in [6, 6.07) is 0. The molecule has 0 N–H and O–H groups in total. The van der Waals surface area contributed by atoms with Crippen molar-refractivity contribution in [3.8, 4) is 0 Å². The van der Waals surface area contributed by atoms with Gasteiger partial charge in [0.2, 0.25) is 0 Å². The monoisotopic (exact) mass is 208 g/mol. The SMILES string of the molecule is CCCCCC1(S)N=NSS1. The lowest BCUT2D eigenvalue weighted by atomic mass is 10.2. The van der Waals surface area contributed by atoms with E-state index in [1.165, 1.54) is 30.2 Å². The number of nitrogens with zero attached hydrogens (tertiary/aromatic N) is 2. The lowest BCUT2D eigenvalue weighted by molar-refractivity contribution is 0.629. The van der Waals surface area contributed by atoms with Crippen molar-refractivity contribution in [1.29, 1.82) is 0 Å². The third kappa shape index (κ3) is 3.25. The molecule has 1 aliphatic heterocycles. The van der Waals surface area contributed by atoms with Crippen molar-refractivity contribution >= 4 is 34.4 Å². The molecule has 64 valence electrons. The first-order valence-corrected chi connectivity index (χ1v) is 6.32. The van der Waals surface area contributed by atoms with E-state index in [9.17, 15) is 0 Å². The van der Waals surface area contributed by atoms with Crippen LogP contribution in [0.1, 0.15) is 32.6 Å². The number of hydrogen-bond acceptors (Lipinski definition) is 5. The number of thiol groups is 1. The fourth-order valence-corrected chi connectivity index (χ4v) is 3.02. The van der Waals surface area contributed by atoms with Crippen molar-refractivity contribution in [1.82, 2.24) is 0 Å². The Hall–Kier alpha value is 0.650. The Morgan fingerprint density at radius 2 is 2.27 bits per heavy atom. The minimum absolute atomic E-state index is 0.222. The maximum atomic E-state index is 4.44. The van der Waals surface area contributed by atoms with Crippen LogP contribution in [0.15, 0.2) is 9.63 Å². The highest BCUT2D eigenvalue weighted by Gasteiger charge is 2.29. The normalized spacial score (nSPS) is 29.6. The van der Waals surface area contributed by atoms with Gasteiger partial charge >= 0.3 is 0 Å². The Bertz CT molecular complexity index is 151. The molecular weight excluding hydrogens is 196 g/mol. The Labute approximate surface area is 80.9 Å². The molecule has 0 aromatic heterocycles. The molecule has 1 atom stereocenters. The van der Waals surface area contributed by atoms with Gasteiger partial charge in [0, 0.05) is 0 Å². The molecule has 5 heteroatoms. The molecule has 0 fully saturated rings. The molecule has 0 aromatic rings. The molecule has 0 saturated carbocycles. The summed E-state index contributed by atoms with van der Waals surface area (Å²) in [5, 5.41) is 4.05. The van der Waals surface area contributed by atoms with Crippen molar-refractivity contribution in [2.45, 2.75) is 36.8 Å². The van der Waals surface area contributed by atoms with Crippen molar-refractivity contribution < 1.29 is 0 Å². The van der Waals surface area contributed by atoms with Crippen molar-refractivity contribution in [2.75, 3.05) is 0 Å². The second-order valence-corrected chi connectivity index (χ2v) is 5.68. The zero-order chi connectivity index (χ0) is 8.16. The summed E-state index contributed by atoms with van der Waals surface area (Å²) in [6.07, 6.45) is 4.75. The molecule has 0 aliphatic carbocycles. The fraction of sp³-hybridized carbons (Fsp3) is 1.00. The van der Waals surface area contributed by atoms with E-state index >= 15 is 0 Å². The van der Waals surface area contributed by atoms with Gasteiger partial charge in [-0.15, -0.1) is 17.1 Å². The van der Waals surface area contributed by atoms with Gasteiger partial charge in [0.15, 0.2) is 4.20 Å². The molecule has 1 heterocycles. The molecule has 11 heavy (non-hydrogen) atoms. The second-order valence-electron chi connectivity index (χ2n) is 2.54. The van der Waals surface area contributed by atoms with Gasteiger partial charge in [-0.25, -0.2) is 0 Å². The van der Waals surface area contributed by atoms with Gasteiger partial charge in [-0.3, -0.25) is 0 Å². The first-order chi connectivity index (χ1) is 5.27. The van der Waals surface area contributed by atoms with Gasteiger partial charge in [0.1, 0.15) is 0 Å². The highest BCUT2D eigenvalue weighted by molar-refractivity contribution is 8.78. The van der Waals surface area contributed by atoms with Gasteiger partial charge in [0.25, 0.3) is 0 Å². The van der Waals surface area contributed by atoms with Crippen LogP contribution in [0.3, 0.4) is 0 Å². The van der Waals surface area contributed by atoms with Crippen molar-refractivity contribution in [2.24, 2.45) is 9.63 Å². The van der Waals surface area contributed by atoms with Crippen LogP contribution < -0.4 is 0 Å². The lowest BCUT2D eigenvalue weighted by Crippen LogP contribution is -2.08. The van der Waals surface area contributed by atoms with Crippen LogP contribution in [-0.4, -0.2) is 4.20 Å². The summed E-state index contributed by atoms with van der Waals surface area (Å²) in [6.45, 7) is 2.20. The maximum Gasteiger partial charge on any atom is 0.182 e. The largest absolute Gasteiger partial charge is 0.182 e. The summed E-state index contributed by atoms with van der Waals surface area (Å²) in [7, 11) is 3.08. The third-order valence-electron chi connectivity index (χ3n) is 1.51. The van der Waals surface area contributed by atoms with Gasteiger partial charge < -0.3 is 0 Å². The molecule has 1 unspecified atom stereocenters. The van der Waals surface area contributed by atoms with Crippen LogP contribution in [-0.2, 0) is 0 Å². The maximum absolute atomic E-state index is 4.44. The predicted molar refractivity (Wildman–Crippen MR) is 55.9 cm³/mol. The quantitative estimate of drug-likeness (QED) is 0.328. The molecule has 1 rings (SSSR count). The average Bonchev–Trinajstić information content (AvgIpc) is 2.38. The summed E-state index contributed by atoms with van der Waals surface area (Å²) in [5.41, 5.74) is 0. The van der Waals surface area contributed by atoms with Crippen LogP contribution in [0.25, 0.3) is 0 Å². The lowest BCUT2D eigenvalue weighted by Gasteiger charge is -2.14. The van der Waals surface area contributed by atoms with Gasteiger partial charge in [-0.05, 0) is 23.6 Å². The van der Waals surface area contributed by atoms with Crippen LogP contribution in [0.5, 0.6) is 0 Å². The zero-order valence-corrected chi connectivity index (χ0v) is 9.01. The highest BCUT2D eigenvalue weighted by atomic mass is 33.1. The molecule has 0 amide bonds. The Balaban J connectivity index is 2.18. The van der Waals surface area contributed by atoms with Gasteiger partial charge in [-0.1, -0.05) is 19.8 Å². The van der Waals surface area contributed by atoms with Crippen LogP contribution in [0.4, 0.5) is 0 Å². The molecule has 2 nitrogen and oxygen atoms in total. The van der Waals surface area contributed by atoms with Gasteiger partial charge in [-0.2, -0.15) is 5.11 Å².